The Labute approximate surface area is 153 Å². The number of aromatic nitrogens is 2. The summed E-state index contributed by atoms with van der Waals surface area (Å²) in [6.07, 6.45) is 0. The van der Waals surface area contributed by atoms with Gasteiger partial charge in [0, 0.05) is 17.6 Å². The van der Waals surface area contributed by atoms with E-state index in [-0.39, 0.29) is 23.9 Å². The number of ether oxygens (including phenoxy) is 2. The second kappa shape index (κ2) is 6.08. The topological polar surface area (TPSA) is 99.0 Å². The van der Waals surface area contributed by atoms with Gasteiger partial charge in [0.1, 0.15) is 0 Å². The minimum absolute atomic E-state index is 0.0170. The van der Waals surface area contributed by atoms with Crippen LogP contribution in [0.5, 0.6) is 11.5 Å². The highest BCUT2D eigenvalue weighted by molar-refractivity contribution is 7.89. The standard InChI is InChI=1S/C16H15N3O5S2/c1-9-7-25-16-18-10(2)14(15(20)19(9)16)26(21,22)17-6-11-3-4-12-13(5-11)24-8-23-12/h3-5,7,17H,6,8H2,1-2H3. The fraction of sp³-hybridized carbons (Fsp3) is 0.250. The van der Waals surface area contributed by atoms with Gasteiger partial charge >= 0.3 is 0 Å². The molecule has 0 amide bonds. The van der Waals surface area contributed by atoms with Crippen molar-refractivity contribution < 1.29 is 17.9 Å². The molecule has 26 heavy (non-hydrogen) atoms. The third kappa shape index (κ3) is 2.75. The number of aryl methyl sites for hydroxylation is 2. The normalized spacial score (nSPS) is 13.5. The molecular formula is C16H15N3O5S2. The van der Waals surface area contributed by atoms with Gasteiger partial charge in [-0.05, 0) is 31.5 Å². The number of nitrogens with zero attached hydrogens (tertiary/aromatic N) is 2. The van der Waals surface area contributed by atoms with Gasteiger partial charge in [-0.1, -0.05) is 6.07 Å². The highest BCUT2D eigenvalue weighted by Gasteiger charge is 2.25. The lowest BCUT2D eigenvalue weighted by atomic mass is 10.2. The van der Waals surface area contributed by atoms with E-state index in [1.807, 2.05) is 0 Å². The molecule has 10 heteroatoms. The van der Waals surface area contributed by atoms with Crippen molar-refractivity contribution in [1.82, 2.24) is 14.1 Å². The Morgan fingerprint density at radius 2 is 2.04 bits per heavy atom. The lowest BCUT2D eigenvalue weighted by Crippen LogP contribution is -2.32. The lowest BCUT2D eigenvalue weighted by molar-refractivity contribution is 0.174. The van der Waals surface area contributed by atoms with Crippen LogP contribution in [-0.4, -0.2) is 24.6 Å². The number of hydrogen-bond donors (Lipinski definition) is 1. The van der Waals surface area contributed by atoms with Crippen molar-refractivity contribution in [1.29, 1.82) is 0 Å². The first-order chi connectivity index (χ1) is 12.4. The molecule has 2 aromatic heterocycles. The van der Waals surface area contributed by atoms with Gasteiger partial charge in [-0.15, -0.1) is 11.3 Å². The van der Waals surface area contributed by atoms with Crippen molar-refractivity contribution in [2.45, 2.75) is 25.3 Å². The van der Waals surface area contributed by atoms with Crippen LogP contribution in [0.25, 0.3) is 4.96 Å². The Morgan fingerprint density at radius 1 is 1.27 bits per heavy atom. The van der Waals surface area contributed by atoms with Crippen LogP contribution in [0, 0.1) is 13.8 Å². The molecule has 1 aliphatic rings. The quantitative estimate of drug-likeness (QED) is 0.723. The van der Waals surface area contributed by atoms with E-state index in [1.54, 1.807) is 30.5 Å². The van der Waals surface area contributed by atoms with Crippen molar-refractivity contribution in [3.8, 4) is 11.5 Å². The van der Waals surface area contributed by atoms with E-state index >= 15 is 0 Å². The summed E-state index contributed by atoms with van der Waals surface area (Å²) in [7, 11) is -4.03. The van der Waals surface area contributed by atoms with Crippen LogP contribution in [0.3, 0.4) is 0 Å². The fourth-order valence-corrected chi connectivity index (χ4v) is 4.94. The highest BCUT2D eigenvalue weighted by atomic mass is 32.2. The summed E-state index contributed by atoms with van der Waals surface area (Å²) in [4.78, 5) is 17.1. The van der Waals surface area contributed by atoms with Gasteiger partial charge in [-0.3, -0.25) is 9.20 Å². The minimum Gasteiger partial charge on any atom is -0.454 e. The number of thiazole rings is 1. The van der Waals surface area contributed by atoms with Gasteiger partial charge in [-0.25, -0.2) is 18.1 Å². The summed E-state index contributed by atoms with van der Waals surface area (Å²) in [6.45, 7) is 3.42. The van der Waals surface area contributed by atoms with Gasteiger partial charge in [0.2, 0.25) is 16.8 Å². The van der Waals surface area contributed by atoms with E-state index in [0.29, 0.717) is 27.7 Å². The predicted molar refractivity (Wildman–Crippen MR) is 95.4 cm³/mol. The zero-order chi connectivity index (χ0) is 18.5. The molecule has 8 nitrogen and oxygen atoms in total. The van der Waals surface area contributed by atoms with Crippen molar-refractivity contribution >= 4 is 26.3 Å². The molecule has 1 aromatic carbocycles. The molecule has 3 aromatic rings. The van der Waals surface area contributed by atoms with Gasteiger partial charge in [-0.2, -0.15) is 0 Å². The maximum Gasteiger partial charge on any atom is 0.279 e. The van der Waals surface area contributed by atoms with Gasteiger partial charge in [0.05, 0.1) is 5.69 Å². The third-order valence-electron chi connectivity index (χ3n) is 4.04. The summed E-state index contributed by atoms with van der Waals surface area (Å²) < 4.78 is 39.8. The second-order valence-electron chi connectivity index (χ2n) is 5.84. The smallest absolute Gasteiger partial charge is 0.279 e. The van der Waals surface area contributed by atoms with Crippen LogP contribution in [-0.2, 0) is 16.6 Å². The molecule has 0 saturated carbocycles. The van der Waals surface area contributed by atoms with Crippen molar-refractivity contribution in [2.75, 3.05) is 6.79 Å². The SMILES string of the molecule is Cc1nc2scc(C)n2c(=O)c1S(=O)(=O)NCc1ccc2c(c1)OCO2. The summed E-state index contributed by atoms with van der Waals surface area (Å²) >= 11 is 1.29. The fourth-order valence-electron chi connectivity index (χ4n) is 2.78. The zero-order valence-electron chi connectivity index (χ0n) is 14.0. The predicted octanol–water partition coefficient (Wildman–Crippen LogP) is 1.58. The van der Waals surface area contributed by atoms with Crippen LogP contribution in [0.2, 0.25) is 0 Å². The molecule has 0 saturated heterocycles. The first-order valence-electron chi connectivity index (χ1n) is 7.72. The number of hydrogen-bond acceptors (Lipinski definition) is 7. The van der Waals surface area contributed by atoms with Crippen LogP contribution in [0.15, 0.2) is 33.3 Å². The van der Waals surface area contributed by atoms with Crippen molar-refractivity contribution in [2.24, 2.45) is 0 Å². The minimum atomic E-state index is -4.03. The molecule has 0 bridgehead atoms. The molecule has 0 radical (unpaired) electrons. The molecule has 0 unspecified atom stereocenters. The van der Waals surface area contributed by atoms with E-state index in [9.17, 15) is 13.2 Å². The Kier molecular flexibility index (Phi) is 3.98. The lowest BCUT2D eigenvalue weighted by Gasteiger charge is -2.09. The van der Waals surface area contributed by atoms with Gasteiger partial charge in [0.25, 0.3) is 5.56 Å². The van der Waals surface area contributed by atoms with Crippen LogP contribution in [0.1, 0.15) is 17.0 Å². The molecule has 0 aliphatic carbocycles. The Bertz CT molecular complexity index is 1180. The largest absolute Gasteiger partial charge is 0.454 e. The average molecular weight is 393 g/mol. The molecule has 136 valence electrons. The van der Waals surface area contributed by atoms with Gasteiger partial charge < -0.3 is 9.47 Å². The van der Waals surface area contributed by atoms with E-state index in [2.05, 4.69) is 9.71 Å². The molecule has 4 rings (SSSR count). The van der Waals surface area contributed by atoms with Gasteiger partial charge in [0.15, 0.2) is 21.4 Å². The number of nitrogens with one attached hydrogen (secondary N) is 1. The van der Waals surface area contributed by atoms with E-state index < -0.39 is 15.6 Å². The number of sulfonamides is 1. The highest BCUT2D eigenvalue weighted by Crippen LogP contribution is 2.32. The molecular weight excluding hydrogens is 378 g/mol. The molecule has 3 heterocycles. The Balaban J connectivity index is 1.68. The Hall–Kier alpha value is -2.43. The summed E-state index contributed by atoms with van der Waals surface area (Å²) in [5.74, 6) is 1.18. The average Bonchev–Trinajstić information content (AvgIpc) is 3.19. The molecule has 0 atom stereocenters. The number of rotatable bonds is 4. The number of fused-ring (bicyclic) bond motifs is 2. The zero-order valence-corrected chi connectivity index (χ0v) is 15.6. The first kappa shape index (κ1) is 17.0. The van der Waals surface area contributed by atoms with Crippen LogP contribution < -0.4 is 19.8 Å². The first-order valence-corrected chi connectivity index (χ1v) is 10.1. The van der Waals surface area contributed by atoms with Crippen LogP contribution in [0.4, 0.5) is 0 Å². The van der Waals surface area contributed by atoms with Crippen LogP contribution >= 0.6 is 11.3 Å². The molecule has 0 fully saturated rings. The number of benzene rings is 1. The summed E-state index contributed by atoms with van der Waals surface area (Å²) in [5.41, 5.74) is 0.922. The van der Waals surface area contributed by atoms with E-state index in [4.69, 9.17) is 9.47 Å². The molecule has 0 spiro atoms. The van der Waals surface area contributed by atoms with Crippen molar-refractivity contribution in [3.05, 3.63) is 50.9 Å². The van der Waals surface area contributed by atoms with E-state index in [1.165, 1.54) is 22.7 Å². The maximum absolute atomic E-state index is 12.7. The van der Waals surface area contributed by atoms with Crippen molar-refractivity contribution in [3.63, 3.8) is 0 Å². The third-order valence-corrected chi connectivity index (χ3v) is 6.52. The van der Waals surface area contributed by atoms with E-state index in [0.717, 1.165) is 0 Å². The monoisotopic (exact) mass is 393 g/mol. The molecule has 1 aliphatic heterocycles. The second-order valence-corrected chi connectivity index (χ2v) is 8.38. The molecule has 1 N–H and O–H groups in total. The maximum atomic E-state index is 12.7. The Morgan fingerprint density at radius 3 is 2.85 bits per heavy atom. The summed E-state index contributed by atoms with van der Waals surface area (Å²) in [5, 5.41) is 1.76. The summed E-state index contributed by atoms with van der Waals surface area (Å²) in [6, 6.07) is 5.16.